The SMILES string of the molecule is CC1NC(N)C(C(=O)O)(C2CN(C(c3ccccc3)c3ccccc3)C2)C(c2cccc([N+](=O)[O-])c2)C1(C)C(=O)O. The molecule has 2 fully saturated rings. The van der Waals surface area contributed by atoms with Crippen LogP contribution in [0.4, 0.5) is 5.69 Å². The van der Waals surface area contributed by atoms with E-state index in [1.807, 2.05) is 60.7 Å². The second-order valence-corrected chi connectivity index (χ2v) is 11.4. The lowest BCUT2D eigenvalue weighted by atomic mass is 9.48. The highest BCUT2D eigenvalue weighted by molar-refractivity contribution is 5.84. The lowest BCUT2D eigenvalue weighted by Crippen LogP contribution is -2.77. The number of carboxylic acids is 2. The van der Waals surface area contributed by atoms with Crippen LogP contribution in [0.3, 0.4) is 0 Å². The maximum absolute atomic E-state index is 13.5. The average molecular weight is 559 g/mol. The highest BCUT2D eigenvalue weighted by Gasteiger charge is 2.70. The molecule has 0 aromatic heterocycles. The van der Waals surface area contributed by atoms with Gasteiger partial charge in [0.25, 0.3) is 5.69 Å². The first kappa shape index (κ1) is 28.4. The second kappa shape index (κ2) is 10.7. The van der Waals surface area contributed by atoms with E-state index in [9.17, 15) is 29.9 Å². The van der Waals surface area contributed by atoms with Crippen molar-refractivity contribution in [2.75, 3.05) is 13.1 Å². The molecule has 214 valence electrons. The number of hydrogen-bond donors (Lipinski definition) is 4. The number of hydrogen-bond acceptors (Lipinski definition) is 7. The van der Waals surface area contributed by atoms with Gasteiger partial charge in [-0.1, -0.05) is 72.8 Å². The summed E-state index contributed by atoms with van der Waals surface area (Å²) in [5.74, 6) is -4.13. The molecule has 3 aromatic carbocycles. The van der Waals surface area contributed by atoms with Crippen LogP contribution in [0.25, 0.3) is 0 Å². The molecule has 2 heterocycles. The van der Waals surface area contributed by atoms with Crippen molar-refractivity contribution in [2.45, 2.75) is 38.0 Å². The topological polar surface area (TPSA) is 159 Å². The van der Waals surface area contributed by atoms with Gasteiger partial charge in [-0.3, -0.25) is 29.9 Å². The van der Waals surface area contributed by atoms with Crippen molar-refractivity contribution in [3.05, 3.63) is 112 Å². The molecule has 2 aliphatic rings. The molecule has 0 aliphatic carbocycles. The molecule has 5 atom stereocenters. The lowest BCUT2D eigenvalue weighted by Gasteiger charge is -2.62. The summed E-state index contributed by atoms with van der Waals surface area (Å²) in [6.45, 7) is 3.85. The van der Waals surface area contributed by atoms with Gasteiger partial charge < -0.3 is 15.9 Å². The summed E-state index contributed by atoms with van der Waals surface area (Å²) in [6, 6.07) is 24.6. The van der Waals surface area contributed by atoms with Crippen molar-refractivity contribution in [1.82, 2.24) is 10.2 Å². The predicted octanol–water partition coefficient (Wildman–Crippen LogP) is 3.84. The normalized spacial score (nSPS) is 28.6. The fourth-order valence-corrected chi connectivity index (χ4v) is 7.09. The first-order valence-electron chi connectivity index (χ1n) is 13.6. The van der Waals surface area contributed by atoms with E-state index in [1.165, 1.54) is 25.1 Å². The number of nitrogens with two attached hydrogens (primary N) is 1. The third kappa shape index (κ3) is 4.48. The Hall–Kier alpha value is -4.12. The molecule has 0 spiro atoms. The molecule has 5 N–H and O–H groups in total. The van der Waals surface area contributed by atoms with Gasteiger partial charge in [0.2, 0.25) is 0 Å². The minimum atomic E-state index is -1.77. The number of nitro benzene ring substituents is 1. The number of nitrogens with zero attached hydrogens (tertiary/aromatic N) is 2. The van der Waals surface area contributed by atoms with Crippen LogP contribution < -0.4 is 11.1 Å². The van der Waals surface area contributed by atoms with E-state index >= 15 is 0 Å². The van der Waals surface area contributed by atoms with Crippen LogP contribution in [0.5, 0.6) is 0 Å². The summed E-state index contributed by atoms with van der Waals surface area (Å²) in [4.78, 5) is 39.7. The molecule has 0 radical (unpaired) electrons. The Morgan fingerprint density at radius 3 is 2.02 bits per heavy atom. The van der Waals surface area contributed by atoms with Crippen LogP contribution >= 0.6 is 0 Å². The number of nitrogens with one attached hydrogen (secondary N) is 1. The average Bonchev–Trinajstić information content (AvgIpc) is 2.93. The Morgan fingerprint density at radius 2 is 1.54 bits per heavy atom. The van der Waals surface area contributed by atoms with Crippen molar-refractivity contribution in [3.63, 3.8) is 0 Å². The quantitative estimate of drug-likeness (QED) is 0.238. The van der Waals surface area contributed by atoms with Gasteiger partial charge in [-0.15, -0.1) is 0 Å². The Kier molecular flexibility index (Phi) is 7.41. The van der Waals surface area contributed by atoms with Gasteiger partial charge in [-0.2, -0.15) is 0 Å². The van der Waals surface area contributed by atoms with Crippen molar-refractivity contribution in [1.29, 1.82) is 0 Å². The zero-order chi connectivity index (χ0) is 29.5. The van der Waals surface area contributed by atoms with Gasteiger partial charge in [0.15, 0.2) is 0 Å². The lowest BCUT2D eigenvalue weighted by molar-refractivity contribution is -0.385. The molecule has 10 heteroatoms. The number of carbonyl (C=O) groups is 2. The minimum absolute atomic E-state index is 0.145. The minimum Gasteiger partial charge on any atom is -0.481 e. The van der Waals surface area contributed by atoms with Crippen LogP contribution in [0, 0.1) is 26.9 Å². The smallest absolute Gasteiger partial charge is 0.313 e. The molecule has 2 saturated heterocycles. The van der Waals surface area contributed by atoms with E-state index in [0.717, 1.165) is 11.1 Å². The predicted molar refractivity (Wildman–Crippen MR) is 152 cm³/mol. The second-order valence-electron chi connectivity index (χ2n) is 11.4. The van der Waals surface area contributed by atoms with Gasteiger partial charge >= 0.3 is 11.9 Å². The Bertz CT molecular complexity index is 1410. The monoisotopic (exact) mass is 558 g/mol. The standard InChI is InChI=1S/C31H34N4O6/c1-19-30(2,28(36)37)26(22-14-9-15-24(16-22)35(40)41)31(29(38)39,27(32)33-19)23-17-34(18-23)25(20-10-5-3-6-11-20)21-12-7-4-8-13-21/h3-16,19,23,25-27,33H,17-18,32H2,1-2H3,(H,36,37)(H,38,39). The summed E-state index contributed by atoms with van der Waals surface area (Å²) in [6.07, 6.45) is -1.11. The summed E-state index contributed by atoms with van der Waals surface area (Å²) < 4.78 is 0. The zero-order valence-electron chi connectivity index (χ0n) is 22.9. The van der Waals surface area contributed by atoms with Crippen LogP contribution in [0.15, 0.2) is 84.9 Å². The maximum atomic E-state index is 13.5. The first-order chi connectivity index (χ1) is 19.5. The Balaban J connectivity index is 1.62. The molecule has 41 heavy (non-hydrogen) atoms. The van der Waals surface area contributed by atoms with Crippen molar-refractivity contribution >= 4 is 17.6 Å². The molecule has 3 aromatic rings. The number of carboxylic acid groups (broad SMARTS) is 2. The van der Waals surface area contributed by atoms with E-state index in [-0.39, 0.29) is 17.3 Å². The Labute approximate surface area is 237 Å². The van der Waals surface area contributed by atoms with E-state index < -0.39 is 51.7 Å². The summed E-state index contributed by atoms with van der Waals surface area (Å²) in [5, 5.41) is 36.3. The van der Waals surface area contributed by atoms with E-state index in [0.29, 0.717) is 13.1 Å². The summed E-state index contributed by atoms with van der Waals surface area (Å²) in [5.41, 5.74) is 5.39. The number of likely N-dealkylation sites (tertiary alicyclic amines) is 1. The molecule has 0 saturated carbocycles. The van der Waals surface area contributed by atoms with Crippen molar-refractivity contribution in [2.24, 2.45) is 22.5 Å². The highest BCUT2D eigenvalue weighted by atomic mass is 16.6. The first-order valence-corrected chi connectivity index (χ1v) is 13.6. The number of piperidine rings is 1. The summed E-state index contributed by atoms with van der Waals surface area (Å²) >= 11 is 0. The fourth-order valence-electron chi connectivity index (χ4n) is 7.09. The molecular weight excluding hydrogens is 524 g/mol. The van der Waals surface area contributed by atoms with Gasteiger partial charge in [-0.25, -0.2) is 0 Å². The molecule has 0 amide bonds. The van der Waals surface area contributed by atoms with Crippen LogP contribution in [0.2, 0.25) is 0 Å². The third-order valence-electron chi connectivity index (χ3n) is 9.35. The molecule has 10 nitrogen and oxygen atoms in total. The zero-order valence-corrected chi connectivity index (χ0v) is 22.9. The van der Waals surface area contributed by atoms with Crippen LogP contribution in [-0.4, -0.2) is 57.3 Å². The number of rotatable bonds is 8. The van der Waals surface area contributed by atoms with E-state index in [1.54, 1.807) is 13.0 Å². The molecular formula is C31H34N4O6. The van der Waals surface area contributed by atoms with E-state index in [2.05, 4.69) is 10.2 Å². The van der Waals surface area contributed by atoms with Crippen LogP contribution in [0.1, 0.15) is 42.5 Å². The molecule has 5 unspecified atom stereocenters. The maximum Gasteiger partial charge on any atom is 0.313 e. The molecule has 0 bridgehead atoms. The van der Waals surface area contributed by atoms with Gasteiger partial charge in [0.05, 0.1) is 22.5 Å². The van der Waals surface area contributed by atoms with E-state index in [4.69, 9.17) is 5.73 Å². The number of benzene rings is 3. The number of non-ortho nitro benzene ring substituents is 1. The largest absolute Gasteiger partial charge is 0.481 e. The van der Waals surface area contributed by atoms with Gasteiger partial charge in [-0.05, 0) is 30.5 Å². The number of aliphatic carboxylic acids is 2. The number of nitro groups is 1. The highest BCUT2D eigenvalue weighted by Crippen LogP contribution is 2.60. The Morgan fingerprint density at radius 1 is 0.976 bits per heavy atom. The fraction of sp³-hybridized carbons (Fsp3) is 0.355. The molecule has 2 aliphatic heterocycles. The van der Waals surface area contributed by atoms with Gasteiger partial charge in [0, 0.05) is 43.1 Å². The third-order valence-corrected chi connectivity index (χ3v) is 9.35. The summed E-state index contributed by atoms with van der Waals surface area (Å²) in [7, 11) is 0. The van der Waals surface area contributed by atoms with Crippen molar-refractivity contribution in [3.8, 4) is 0 Å². The van der Waals surface area contributed by atoms with Crippen molar-refractivity contribution < 1.29 is 24.7 Å². The molecule has 5 rings (SSSR count). The van der Waals surface area contributed by atoms with Crippen LogP contribution in [-0.2, 0) is 9.59 Å². The van der Waals surface area contributed by atoms with Gasteiger partial charge in [0.1, 0.15) is 5.41 Å².